The summed E-state index contributed by atoms with van der Waals surface area (Å²) in [6.45, 7) is 4.89. The number of amides is 2. The van der Waals surface area contributed by atoms with E-state index in [9.17, 15) is 14.4 Å². The van der Waals surface area contributed by atoms with E-state index in [-0.39, 0.29) is 41.3 Å². The van der Waals surface area contributed by atoms with Gasteiger partial charge in [-0.25, -0.2) is 4.39 Å². The van der Waals surface area contributed by atoms with Gasteiger partial charge < -0.3 is 20.1 Å². The highest BCUT2D eigenvalue weighted by atomic mass is 19.1. The molecule has 0 unspecified atom stereocenters. The first-order valence-electron chi connectivity index (χ1n) is 13.3. The fourth-order valence-electron chi connectivity index (χ4n) is 6.52. The molecule has 2 aromatic carbocycles. The second-order valence-electron chi connectivity index (χ2n) is 11.6. The molecule has 0 aromatic heterocycles. The number of hydrogen-bond donors (Lipinski definition) is 2. The van der Waals surface area contributed by atoms with E-state index in [2.05, 4.69) is 5.32 Å². The maximum absolute atomic E-state index is 15.1. The van der Waals surface area contributed by atoms with Crippen LogP contribution in [0.15, 0.2) is 30.3 Å². The van der Waals surface area contributed by atoms with Crippen molar-refractivity contribution in [1.82, 2.24) is 4.90 Å². The molecule has 2 aliphatic carbocycles. The average Bonchev–Trinajstić information content (AvgIpc) is 3.14. The van der Waals surface area contributed by atoms with Gasteiger partial charge in [0.1, 0.15) is 11.9 Å². The molecule has 1 fully saturated rings. The van der Waals surface area contributed by atoms with Gasteiger partial charge in [-0.3, -0.25) is 14.4 Å². The van der Waals surface area contributed by atoms with Crippen LogP contribution in [-0.2, 0) is 44.0 Å². The number of rotatable bonds is 7. The number of fused-ring (bicyclic) bond motifs is 2. The second kappa shape index (κ2) is 10.1. The van der Waals surface area contributed by atoms with Crippen molar-refractivity contribution in [1.29, 1.82) is 0 Å². The molecule has 1 atom stereocenters. The number of ether oxygens (including phenoxy) is 1. The first-order valence-corrected chi connectivity index (χ1v) is 13.3. The van der Waals surface area contributed by atoms with Gasteiger partial charge in [0.15, 0.2) is 0 Å². The van der Waals surface area contributed by atoms with Crippen molar-refractivity contribution in [3.05, 3.63) is 64.0 Å². The molecule has 0 bridgehead atoms. The quantitative estimate of drug-likeness (QED) is 0.547. The van der Waals surface area contributed by atoms with Crippen LogP contribution in [-0.4, -0.2) is 41.4 Å². The van der Waals surface area contributed by atoms with E-state index in [0.717, 1.165) is 35.1 Å². The molecule has 1 aliphatic heterocycles. The third-order valence-electron chi connectivity index (χ3n) is 8.46. The molecule has 5 rings (SSSR count). The normalized spacial score (nSPS) is 23.3. The van der Waals surface area contributed by atoms with E-state index in [1.54, 1.807) is 12.0 Å². The summed E-state index contributed by atoms with van der Waals surface area (Å²) in [7, 11) is 1.63. The number of nitrogens with one attached hydrogen (secondary N) is 1. The molecule has 0 spiro atoms. The van der Waals surface area contributed by atoms with Crippen molar-refractivity contribution in [2.24, 2.45) is 11.8 Å². The SMILES string of the molecule is COCc1ccc2c(c1)CCN(C(=O)[C@H]1C[C@H](CC(=O)O)C1)[C@H]2C(=O)Nc1cc(F)c2c(c1)CCC2(C)C. The highest BCUT2D eigenvalue weighted by Crippen LogP contribution is 2.43. The van der Waals surface area contributed by atoms with Gasteiger partial charge in [-0.1, -0.05) is 32.0 Å². The van der Waals surface area contributed by atoms with Crippen molar-refractivity contribution in [3.63, 3.8) is 0 Å². The molecular weight excluding hydrogens is 487 g/mol. The number of aryl methyl sites for hydroxylation is 1. The van der Waals surface area contributed by atoms with Crippen LogP contribution in [0.1, 0.15) is 73.4 Å². The van der Waals surface area contributed by atoms with E-state index in [0.29, 0.717) is 43.7 Å². The summed E-state index contributed by atoms with van der Waals surface area (Å²) < 4.78 is 20.4. The smallest absolute Gasteiger partial charge is 0.303 e. The Bertz CT molecular complexity index is 1280. The van der Waals surface area contributed by atoms with Crippen LogP contribution < -0.4 is 5.32 Å². The number of methoxy groups -OCH3 is 1. The van der Waals surface area contributed by atoms with Crippen LogP contribution in [0, 0.1) is 17.7 Å². The molecule has 38 heavy (non-hydrogen) atoms. The van der Waals surface area contributed by atoms with Crippen molar-refractivity contribution in [2.75, 3.05) is 19.0 Å². The summed E-state index contributed by atoms with van der Waals surface area (Å²) in [5.74, 6) is -1.98. The van der Waals surface area contributed by atoms with Gasteiger partial charge in [-0.05, 0) is 83.4 Å². The Labute approximate surface area is 222 Å². The van der Waals surface area contributed by atoms with E-state index in [4.69, 9.17) is 9.84 Å². The Hall–Kier alpha value is -3.26. The van der Waals surface area contributed by atoms with Crippen molar-refractivity contribution in [2.45, 2.75) is 70.4 Å². The summed E-state index contributed by atoms with van der Waals surface area (Å²) in [5.41, 5.74) is 4.50. The van der Waals surface area contributed by atoms with Crippen molar-refractivity contribution in [3.8, 4) is 0 Å². The molecule has 7 nitrogen and oxygen atoms in total. The molecular formula is C30H35FN2O5. The van der Waals surface area contributed by atoms with Gasteiger partial charge in [-0.2, -0.15) is 0 Å². The second-order valence-corrected chi connectivity index (χ2v) is 11.6. The highest BCUT2D eigenvalue weighted by molar-refractivity contribution is 5.99. The van der Waals surface area contributed by atoms with Gasteiger partial charge in [0.25, 0.3) is 5.91 Å². The van der Waals surface area contributed by atoms with Gasteiger partial charge in [0.05, 0.1) is 6.61 Å². The summed E-state index contributed by atoms with van der Waals surface area (Å²) in [6, 6.07) is 8.18. The Balaban J connectivity index is 1.42. The monoisotopic (exact) mass is 522 g/mol. The third kappa shape index (κ3) is 4.94. The molecule has 0 saturated heterocycles. The largest absolute Gasteiger partial charge is 0.481 e. The van der Waals surface area contributed by atoms with Gasteiger partial charge in [0.2, 0.25) is 5.91 Å². The Morgan fingerprint density at radius 3 is 2.61 bits per heavy atom. The number of carbonyl (C=O) groups is 3. The van der Waals surface area contributed by atoms with E-state index >= 15 is 4.39 Å². The summed E-state index contributed by atoms with van der Waals surface area (Å²) in [4.78, 5) is 40.0. The first-order chi connectivity index (χ1) is 18.1. The molecule has 1 heterocycles. The number of carboxylic acid groups (broad SMARTS) is 1. The third-order valence-corrected chi connectivity index (χ3v) is 8.46. The maximum atomic E-state index is 15.1. The molecule has 202 valence electrons. The van der Waals surface area contributed by atoms with Gasteiger partial charge in [0, 0.05) is 31.7 Å². The number of benzene rings is 2. The number of carboxylic acids is 1. The fourth-order valence-corrected chi connectivity index (χ4v) is 6.52. The highest BCUT2D eigenvalue weighted by Gasteiger charge is 2.43. The minimum Gasteiger partial charge on any atom is -0.481 e. The molecule has 1 saturated carbocycles. The lowest BCUT2D eigenvalue weighted by Gasteiger charge is -2.42. The molecule has 3 aliphatic rings. The van der Waals surface area contributed by atoms with Gasteiger partial charge >= 0.3 is 5.97 Å². The predicted molar refractivity (Wildman–Crippen MR) is 140 cm³/mol. The summed E-state index contributed by atoms with van der Waals surface area (Å²) in [6.07, 6.45) is 3.29. The van der Waals surface area contributed by atoms with E-state index < -0.39 is 12.0 Å². The van der Waals surface area contributed by atoms with Crippen LogP contribution in [0.5, 0.6) is 0 Å². The Morgan fingerprint density at radius 1 is 1.13 bits per heavy atom. The molecule has 0 radical (unpaired) electrons. The number of nitrogens with zero attached hydrogens (tertiary/aromatic N) is 1. The first kappa shape index (κ1) is 26.4. The number of halogens is 1. The topological polar surface area (TPSA) is 95.9 Å². The summed E-state index contributed by atoms with van der Waals surface area (Å²) in [5, 5.41) is 12.0. The number of carbonyl (C=O) groups excluding carboxylic acids is 2. The fraction of sp³-hybridized carbons (Fsp3) is 0.500. The maximum Gasteiger partial charge on any atom is 0.303 e. The number of hydrogen-bond acceptors (Lipinski definition) is 4. The lowest BCUT2D eigenvalue weighted by molar-refractivity contribution is -0.149. The van der Waals surface area contributed by atoms with Crippen LogP contribution in [0.2, 0.25) is 0 Å². The predicted octanol–water partition coefficient (Wildman–Crippen LogP) is 4.76. The van der Waals surface area contributed by atoms with Crippen LogP contribution in [0.4, 0.5) is 10.1 Å². The molecule has 2 amide bonds. The zero-order chi connectivity index (χ0) is 27.2. The van der Waals surface area contributed by atoms with Crippen LogP contribution >= 0.6 is 0 Å². The van der Waals surface area contributed by atoms with Gasteiger partial charge in [-0.15, -0.1) is 0 Å². The zero-order valence-electron chi connectivity index (χ0n) is 22.2. The average molecular weight is 523 g/mol. The molecule has 8 heteroatoms. The minimum absolute atomic E-state index is 0.0129. The Morgan fingerprint density at radius 2 is 1.89 bits per heavy atom. The molecule has 2 N–H and O–H groups in total. The van der Waals surface area contributed by atoms with E-state index in [1.807, 2.05) is 38.1 Å². The summed E-state index contributed by atoms with van der Waals surface area (Å²) >= 11 is 0. The minimum atomic E-state index is -0.859. The Kier molecular flexibility index (Phi) is 7.03. The van der Waals surface area contributed by atoms with Crippen LogP contribution in [0.3, 0.4) is 0 Å². The standard InChI is InChI=1S/C30H35FN2O5/c1-30(2)8-6-20-14-22(15-24(31)26(20)30)32-28(36)27-23-5-4-17(16-38-3)10-19(23)7-9-33(27)29(37)21-11-18(12-21)13-25(34)35/h4-5,10,14-15,18,21,27H,6-9,11-13,16H2,1-3H3,(H,32,36)(H,34,35)/t18-,21-,27-/m1/s1. The number of anilines is 1. The zero-order valence-corrected chi connectivity index (χ0v) is 22.2. The van der Waals surface area contributed by atoms with E-state index in [1.165, 1.54) is 6.07 Å². The van der Waals surface area contributed by atoms with Crippen molar-refractivity contribution < 1.29 is 28.6 Å². The number of aliphatic carboxylic acids is 1. The van der Waals surface area contributed by atoms with Crippen LogP contribution in [0.25, 0.3) is 0 Å². The lowest BCUT2D eigenvalue weighted by Crippen LogP contribution is -2.50. The van der Waals surface area contributed by atoms with Crippen molar-refractivity contribution >= 4 is 23.5 Å². The molecule has 2 aromatic rings. The lowest BCUT2D eigenvalue weighted by atomic mass is 9.72.